The molecule has 0 N–H and O–H groups in total. The monoisotopic (exact) mass is 336 g/mol. The third kappa shape index (κ3) is 3.25. The molecule has 0 atom stereocenters. The van der Waals surface area contributed by atoms with Gasteiger partial charge in [-0.3, -0.25) is 4.79 Å². The second-order valence-electron chi connectivity index (χ2n) is 4.54. The number of carbonyl (C=O) groups excluding carboxylic acids is 1. The van der Waals surface area contributed by atoms with Gasteiger partial charge in [0.15, 0.2) is 5.78 Å². The largest absolute Gasteiger partial charge is 0.496 e. The van der Waals surface area contributed by atoms with Gasteiger partial charge in [-0.15, -0.1) is 0 Å². The Kier molecular flexibility index (Phi) is 4.55. The average molecular weight is 337 g/mol. The van der Waals surface area contributed by atoms with Crippen molar-refractivity contribution in [2.75, 3.05) is 7.11 Å². The van der Waals surface area contributed by atoms with E-state index in [9.17, 15) is 9.18 Å². The Bertz CT molecular complexity index is 653. The predicted octanol–water partition coefficient (Wildman–Crippen LogP) is 4.33. The highest BCUT2D eigenvalue weighted by Crippen LogP contribution is 2.23. The average Bonchev–Trinajstić information content (AvgIpc) is 2.38. The molecule has 4 heteroatoms. The van der Waals surface area contributed by atoms with E-state index in [1.54, 1.807) is 13.2 Å². The molecule has 0 amide bonds. The van der Waals surface area contributed by atoms with Gasteiger partial charge in [0.25, 0.3) is 0 Å². The molecular formula is C16H14BrFO2. The number of halogens is 2. The standard InChI is InChI=1S/C16H14BrFO2/c1-10-3-6-16(20-2)11(7-10)8-15(19)13-5-4-12(17)9-14(13)18/h3-7,9H,8H2,1-2H3. The number of Topliss-reactive ketones (excluding diaryl/α,β-unsaturated/α-hetero) is 1. The number of benzene rings is 2. The van der Waals surface area contributed by atoms with Gasteiger partial charge >= 0.3 is 0 Å². The summed E-state index contributed by atoms with van der Waals surface area (Å²) in [6.45, 7) is 1.94. The summed E-state index contributed by atoms with van der Waals surface area (Å²) in [5.41, 5.74) is 1.89. The fraction of sp³-hybridized carbons (Fsp3) is 0.188. The molecule has 104 valence electrons. The smallest absolute Gasteiger partial charge is 0.170 e. The summed E-state index contributed by atoms with van der Waals surface area (Å²) < 4.78 is 19.6. The summed E-state index contributed by atoms with van der Waals surface area (Å²) in [7, 11) is 1.55. The zero-order chi connectivity index (χ0) is 14.7. The van der Waals surface area contributed by atoms with Gasteiger partial charge in [0.1, 0.15) is 11.6 Å². The third-order valence-electron chi connectivity index (χ3n) is 3.02. The van der Waals surface area contributed by atoms with Crippen LogP contribution >= 0.6 is 15.9 Å². The lowest BCUT2D eigenvalue weighted by molar-refractivity contribution is 0.0988. The van der Waals surface area contributed by atoms with E-state index in [0.29, 0.717) is 10.2 Å². The molecule has 0 fully saturated rings. The summed E-state index contributed by atoms with van der Waals surface area (Å²) in [5.74, 6) is -0.142. The van der Waals surface area contributed by atoms with E-state index >= 15 is 0 Å². The van der Waals surface area contributed by atoms with Gasteiger partial charge < -0.3 is 4.74 Å². The molecule has 0 spiro atoms. The maximum atomic E-state index is 13.8. The molecule has 0 saturated heterocycles. The van der Waals surface area contributed by atoms with Crippen molar-refractivity contribution in [2.24, 2.45) is 0 Å². The predicted molar refractivity (Wildman–Crippen MR) is 79.9 cm³/mol. The first kappa shape index (κ1) is 14.7. The molecule has 2 rings (SSSR count). The van der Waals surface area contributed by atoms with Crippen LogP contribution in [0.4, 0.5) is 4.39 Å². The summed E-state index contributed by atoms with van der Waals surface area (Å²) in [6, 6.07) is 10.0. The molecule has 0 saturated carbocycles. The minimum absolute atomic E-state index is 0.0942. The lowest BCUT2D eigenvalue weighted by atomic mass is 10.0. The quantitative estimate of drug-likeness (QED) is 0.776. The first-order chi connectivity index (χ1) is 9.51. The van der Waals surface area contributed by atoms with Crippen LogP contribution in [-0.4, -0.2) is 12.9 Å². The highest BCUT2D eigenvalue weighted by atomic mass is 79.9. The van der Waals surface area contributed by atoms with Crippen LogP contribution < -0.4 is 4.74 Å². The van der Waals surface area contributed by atoms with Crippen molar-refractivity contribution in [2.45, 2.75) is 13.3 Å². The molecule has 2 nitrogen and oxygen atoms in total. The minimum Gasteiger partial charge on any atom is -0.496 e. The topological polar surface area (TPSA) is 26.3 Å². The van der Waals surface area contributed by atoms with Crippen molar-refractivity contribution in [3.63, 3.8) is 0 Å². The van der Waals surface area contributed by atoms with Crippen molar-refractivity contribution >= 4 is 21.7 Å². The Labute approximate surface area is 125 Å². The van der Waals surface area contributed by atoms with E-state index in [2.05, 4.69) is 15.9 Å². The van der Waals surface area contributed by atoms with E-state index in [1.165, 1.54) is 12.1 Å². The second kappa shape index (κ2) is 6.18. The zero-order valence-corrected chi connectivity index (χ0v) is 12.8. The van der Waals surface area contributed by atoms with Crippen molar-refractivity contribution in [3.8, 4) is 5.75 Å². The lowest BCUT2D eigenvalue weighted by Crippen LogP contribution is -2.07. The number of hydrogen-bond acceptors (Lipinski definition) is 2. The number of hydrogen-bond donors (Lipinski definition) is 0. The highest BCUT2D eigenvalue weighted by molar-refractivity contribution is 9.10. The van der Waals surface area contributed by atoms with Crippen LogP contribution in [-0.2, 0) is 6.42 Å². The van der Waals surface area contributed by atoms with Gasteiger partial charge in [0.05, 0.1) is 12.7 Å². The molecule has 0 heterocycles. The Morgan fingerprint density at radius 3 is 2.65 bits per heavy atom. The molecule has 2 aromatic rings. The maximum absolute atomic E-state index is 13.8. The fourth-order valence-corrected chi connectivity index (χ4v) is 2.36. The molecule has 20 heavy (non-hydrogen) atoms. The SMILES string of the molecule is COc1ccc(C)cc1CC(=O)c1ccc(Br)cc1F. The molecule has 2 aromatic carbocycles. The van der Waals surface area contributed by atoms with E-state index in [-0.39, 0.29) is 17.8 Å². The van der Waals surface area contributed by atoms with Gasteiger partial charge in [-0.2, -0.15) is 0 Å². The van der Waals surface area contributed by atoms with Crippen LogP contribution in [0, 0.1) is 12.7 Å². The summed E-state index contributed by atoms with van der Waals surface area (Å²) >= 11 is 3.17. The Hall–Kier alpha value is -1.68. The number of methoxy groups -OCH3 is 1. The van der Waals surface area contributed by atoms with Gasteiger partial charge in [0.2, 0.25) is 0 Å². The Morgan fingerprint density at radius 2 is 2.00 bits per heavy atom. The first-order valence-electron chi connectivity index (χ1n) is 6.13. The van der Waals surface area contributed by atoms with Crippen LogP contribution in [0.1, 0.15) is 21.5 Å². The highest BCUT2D eigenvalue weighted by Gasteiger charge is 2.15. The van der Waals surface area contributed by atoms with Crippen molar-refractivity contribution in [3.05, 3.63) is 63.4 Å². The van der Waals surface area contributed by atoms with Gasteiger partial charge in [-0.1, -0.05) is 33.6 Å². The van der Waals surface area contributed by atoms with Crippen molar-refractivity contribution < 1.29 is 13.9 Å². The molecule has 0 unspecified atom stereocenters. The van der Waals surface area contributed by atoms with Crippen LogP contribution in [0.25, 0.3) is 0 Å². The molecule has 0 radical (unpaired) electrons. The summed E-state index contributed by atoms with van der Waals surface area (Å²) in [5, 5.41) is 0. The minimum atomic E-state index is -0.518. The number of rotatable bonds is 4. The van der Waals surface area contributed by atoms with Crippen LogP contribution in [0.3, 0.4) is 0 Å². The van der Waals surface area contributed by atoms with Crippen LogP contribution in [0.15, 0.2) is 40.9 Å². The fourth-order valence-electron chi connectivity index (χ4n) is 2.03. The molecule has 0 aliphatic rings. The summed E-state index contributed by atoms with van der Waals surface area (Å²) in [4.78, 5) is 12.2. The Balaban J connectivity index is 2.30. The zero-order valence-electron chi connectivity index (χ0n) is 11.2. The van der Waals surface area contributed by atoms with Crippen molar-refractivity contribution in [1.82, 2.24) is 0 Å². The molecular weight excluding hydrogens is 323 g/mol. The number of carbonyl (C=O) groups is 1. The van der Waals surface area contributed by atoms with Crippen molar-refractivity contribution in [1.29, 1.82) is 0 Å². The molecule has 0 bridgehead atoms. The van der Waals surface area contributed by atoms with Crippen LogP contribution in [0.5, 0.6) is 5.75 Å². The lowest BCUT2D eigenvalue weighted by Gasteiger charge is -2.09. The number of aryl methyl sites for hydroxylation is 1. The first-order valence-corrected chi connectivity index (χ1v) is 6.92. The Morgan fingerprint density at radius 1 is 1.25 bits per heavy atom. The van der Waals surface area contributed by atoms with E-state index < -0.39 is 5.82 Å². The van der Waals surface area contributed by atoms with Gasteiger partial charge in [-0.25, -0.2) is 4.39 Å². The molecule has 0 aromatic heterocycles. The third-order valence-corrected chi connectivity index (χ3v) is 3.51. The van der Waals surface area contributed by atoms with Crippen LogP contribution in [0.2, 0.25) is 0 Å². The summed E-state index contributed by atoms with van der Waals surface area (Å²) in [6.07, 6.45) is 0.114. The van der Waals surface area contributed by atoms with Gasteiger partial charge in [-0.05, 0) is 31.2 Å². The molecule has 0 aliphatic carbocycles. The van der Waals surface area contributed by atoms with Gasteiger partial charge in [0, 0.05) is 16.5 Å². The normalized spacial score (nSPS) is 10.4. The van der Waals surface area contributed by atoms with E-state index in [1.807, 2.05) is 25.1 Å². The number of ether oxygens (including phenoxy) is 1. The number of ketones is 1. The van der Waals surface area contributed by atoms with E-state index in [0.717, 1.165) is 11.1 Å². The van der Waals surface area contributed by atoms with E-state index in [4.69, 9.17) is 4.74 Å². The molecule has 0 aliphatic heterocycles. The second-order valence-corrected chi connectivity index (χ2v) is 5.46. The maximum Gasteiger partial charge on any atom is 0.170 e.